The molecule has 0 atom stereocenters. The molecule has 0 aliphatic rings. The van der Waals surface area contributed by atoms with E-state index in [0.29, 0.717) is 5.71 Å². The van der Waals surface area contributed by atoms with Crippen molar-refractivity contribution in [3.05, 3.63) is 66.2 Å². The van der Waals surface area contributed by atoms with Crippen LogP contribution in [0, 0.1) is 5.82 Å². The maximum absolute atomic E-state index is 12.8. The number of nitrogens with zero attached hydrogens (tertiary/aromatic N) is 2. The molecule has 1 aromatic heterocycles. The number of carbonyl (C=O) groups is 1. The Bertz CT molecular complexity index is 609. The van der Waals surface area contributed by atoms with Gasteiger partial charge in [0, 0.05) is 12.1 Å². The minimum Gasteiger partial charge on any atom is -0.266 e. The van der Waals surface area contributed by atoms with Crippen LogP contribution in [0.3, 0.4) is 0 Å². The van der Waals surface area contributed by atoms with Crippen LogP contribution in [0.2, 0.25) is 0 Å². The molecule has 2 aromatic rings. The second-order valence-electron chi connectivity index (χ2n) is 4.29. The molecule has 0 spiro atoms. The number of hydrogen-bond acceptors (Lipinski definition) is 2. The molecule has 0 radical (unpaired) electrons. The molecule has 0 saturated heterocycles. The van der Waals surface area contributed by atoms with Crippen LogP contribution in [-0.2, 0) is 11.3 Å². The molecule has 1 heterocycles. The fraction of sp³-hybridized carbons (Fsp3) is 0.133. The zero-order chi connectivity index (χ0) is 14.4. The molecule has 4 nitrogen and oxygen atoms in total. The van der Waals surface area contributed by atoms with Crippen molar-refractivity contribution in [3.63, 3.8) is 0 Å². The summed E-state index contributed by atoms with van der Waals surface area (Å²) in [7, 11) is 0. The van der Waals surface area contributed by atoms with E-state index in [-0.39, 0.29) is 18.3 Å². The molecular weight excluding hydrogens is 257 g/mol. The Morgan fingerprint density at radius 3 is 2.50 bits per heavy atom. The van der Waals surface area contributed by atoms with Gasteiger partial charge in [0.15, 0.2) is 12.4 Å². The monoisotopic (exact) mass is 272 g/mol. The van der Waals surface area contributed by atoms with Crippen LogP contribution >= 0.6 is 0 Å². The van der Waals surface area contributed by atoms with Gasteiger partial charge in [-0.3, -0.25) is 4.79 Å². The summed E-state index contributed by atoms with van der Waals surface area (Å²) < 4.78 is 14.5. The third-order valence-corrected chi connectivity index (χ3v) is 2.71. The van der Waals surface area contributed by atoms with Crippen molar-refractivity contribution >= 4 is 11.6 Å². The molecule has 0 saturated carbocycles. The minimum absolute atomic E-state index is 0.195. The summed E-state index contributed by atoms with van der Waals surface area (Å²) in [5.41, 5.74) is 3.86. The Hall–Kier alpha value is -2.56. The number of halogens is 1. The number of hydrogen-bond donors (Lipinski definition) is 1. The van der Waals surface area contributed by atoms with Crippen molar-refractivity contribution in [2.75, 3.05) is 0 Å². The first-order valence-electron chi connectivity index (χ1n) is 6.18. The van der Waals surface area contributed by atoms with E-state index in [4.69, 9.17) is 0 Å². The number of amides is 1. The maximum Gasteiger partial charge on any atom is 0.305 e. The minimum atomic E-state index is -0.300. The predicted molar refractivity (Wildman–Crippen MR) is 73.4 cm³/mol. The van der Waals surface area contributed by atoms with E-state index < -0.39 is 0 Å². The van der Waals surface area contributed by atoms with Crippen molar-refractivity contribution in [1.29, 1.82) is 0 Å². The van der Waals surface area contributed by atoms with Gasteiger partial charge in [0.25, 0.3) is 0 Å². The van der Waals surface area contributed by atoms with Crippen LogP contribution in [0.25, 0.3) is 0 Å². The van der Waals surface area contributed by atoms with Crippen LogP contribution in [0.1, 0.15) is 12.5 Å². The molecule has 0 fully saturated rings. The van der Waals surface area contributed by atoms with E-state index in [0.717, 1.165) is 5.56 Å². The number of carbonyl (C=O) groups excluding carboxylic acids is 1. The van der Waals surface area contributed by atoms with Crippen molar-refractivity contribution in [3.8, 4) is 0 Å². The maximum atomic E-state index is 12.8. The Morgan fingerprint density at radius 2 is 1.85 bits per heavy atom. The van der Waals surface area contributed by atoms with Crippen molar-refractivity contribution in [2.24, 2.45) is 5.10 Å². The largest absolute Gasteiger partial charge is 0.305 e. The summed E-state index contributed by atoms with van der Waals surface area (Å²) in [6.07, 6.45) is 3.60. The Labute approximate surface area is 116 Å². The fourth-order valence-electron chi connectivity index (χ4n) is 1.64. The van der Waals surface area contributed by atoms with Gasteiger partial charge in [0.05, 0.1) is 5.71 Å². The number of hydrazone groups is 1. The SMILES string of the molecule is CC(=NNC(=O)C[n+]1ccccc1)c1ccc(F)cc1. The molecule has 20 heavy (non-hydrogen) atoms. The number of pyridine rings is 1. The molecule has 1 aromatic carbocycles. The highest BCUT2D eigenvalue weighted by Gasteiger charge is 2.07. The van der Waals surface area contributed by atoms with Crippen LogP contribution < -0.4 is 9.99 Å². The lowest BCUT2D eigenvalue weighted by atomic mass is 10.1. The number of benzene rings is 1. The van der Waals surface area contributed by atoms with Crippen LogP contribution in [0.4, 0.5) is 4.39 Å². The summed E-state index contributed by atoms with van der Waals surface area (Å²) in [6.45, 7) is 1.95. The van der Waals surface area contributed by atoms with Crippen molar-refractivity contribution in [1.82, 2.24) is 5.43 Å². The summed E-state index contributed by atoms with van der Waals surface area (Å²) in [5, 5.41) is 4.00. The molecule has 0 unspecified atom stereocenters. The lowest BCUT2D eigenvalue weighted by Crippen LogP contribution is -2.41. The van der Waals surface area contributed by atoms with E-state index in [9.17, 15) is 9.18 Å². The molecule has 102 valence electrons. The molecule has 2 rings (SSSR count). The molecule has 1 amide bonds. The van der Waals surface area contributed by atoms with E-state index in [1.54, 1.807) is 36.0 Å². The van der Waals surface area contributed by atoms with E-state index >= 15 is 0 Å². The van der Waals surface area contributed by atoms with Gasteiger partial charge < -0.3 is 0 Å². The number of rotatable bonds is 4. The van der Waals surface area contributed by atoms with E-state index in [2.05, 4.69) is 10.5 Å². The molecule has 1 N–H and O–H groups in total. The third kappa shape index (κ3) is 3.98. The average molecular weight is 272 g/mol. The van der Waals surface area contributed by atoms with Gasteiger partial charge in [-0.25, -0.2) is 9.82 Å². The van der Waals surface area contributed by atoms with Gasteiger partial charge in [-0.1, -0.05) is 18.2 Å². The predicted octanol–water partition coefficient (Wildman–Crippen LogP) is 1.65. The number of aromatic nitrogens is 1. The molecule has 0 aliphatic heterocycles. The molecule has 5 heteroatoms. The Kier molecular flexibility index (Phi) is 4.55. The highest BCUT2D eigenvalue weighted by atomic mass is 19.1. The van der Waals surface area contributed by atoms with E-state index in [1.165, 1.54) is 12.1 Å². The summed E-state index contributed by atoms with van der Waals surface area (Å²) in [4.78, 5) is 11.7. The van der Waals surface area contributed by atoms with Crippen molar-refractivity contribution in [2.45, 2.75) is 13.5 Å². The molecular formula is C15H15FN3O+. The first kappa shape index (κ1) is 13.9. The highest BCUT2D eigenvalue weighted by molar-refractivity contribution is 5.99. The second-order valence-corrected chi connectivity index (χ2v) is 4.29. The smallest absolute Gasteiger partial charge is 0.266 e. The molecule has 0 bridgehead atoms. The first-order valence-corrected chi connectivity index (χ1v) is 6.18. The highest BCUT2D eigenvalue weighted by Crippen LogP contribution is 2.03. The summed E-state index contributed by atoms with van der Waals surface area (Å²) in [5.74, 6) is -0.520. The lowest BCUT2D eigenvalue weighted by Gasteiger charge is -2.01. The van der Waals surface area contributed by atoms with Gasteiger partial charge in [0.2, 0.25) is 6.54 Å². The average Bonchev–Trinajstić information content (AvgIpc) is 2.46. The van der Waals surface area contributed by atoms with Crippen LogP contribution in [0.15, 0.2) is 60.0 Å². The normalized spacial score (nSPS) is 11.2. The summed E-state index contributed by atoms with van der Waals surface area (Å²) in [6, 6.07) is 11.5. The van der Waals surface area contributed by atoms with Gasteiger partial charge in [-0.2, -0.15) is 9.67 Å². The zero-order valence-electron chi connectivity index (χ0n) is 11.1. The Morgan fingerprint density at radius 1 is 1.20 bits per heavy atom. The Balaban J connectivity index is 1.95. The van der Waals surface area contributed by atoms with Gasteiger partial charge in [-0.05, 0) is 24.6 Å². The lowest BCUT2D eigenvalue weighted by molar-refractivity contribution is -0.684. The third-order valence-electron chi connectivity index (χ3n) is 2.71. The van der Waals surface area contributed by atoms with E-state index in [1.807, 2.05) is 18.2 Å². The second kappa shape index (κ2) is 6.56. The first-order chi connectivity index (χ1) is 9.65. The van der Waals surface area contributed by atoms with Crippen LogP contribution in [0.5, 0.6) is 0 Å². The van der Waals surface area contributed by atoms with Gasteiger partial charge in [-0.15, -0.1) is 0 Å². The number of nitrogens with one attached hydrogen (secondary N) is 1. The molecule has 0 aliphatic carbocycles. The topological polar surface area (TPSA) is 45.3 Å². The zero-order valence-corrected chi connectivity index (χ0v) is 11.1. The van der Waals surface area contributed by atoms with Gasteiger partial charge in [0.1, 0.15) is 5.82 Å². The quantitative estimate of drug-likeness (QED) is 0.513. The summed E-state index contributed by atoms with van der Waals surface area (Å²) >= 11 is 0. The van der Waals surface area contributed by atoms with Crippen molar-refractivity contribution < 1.29 is 13.8 Å². The fourth-order valence-corrected chi connectivity index (χ4v) is 1.64. The standard InChI is InChI=1S/C15H14FN3O/c1-12(13-5-7-14(16)8-6-13)17-18-15(20)11-19-9-3-2-4-10-19/h2-10H,11H2,1H3/p+1. The van der Waals surface area contributed by atoms with Gasteiger partial charge >= 0.3 is 5.91 Å². The van der Waals surface area contributed by atoms with Crippen LogP contribution in [-0.4, -0.2) is 11.6 Å².